The van der Waals surface area contributed by atoms with E-state index in [2.05, 4.69) is 23.6 Å². The van der Waals surface area contributed by atoms with Gasteiger partial charge < -0.3 is 28.9 Å². The summed E-state index contributed by atoms with van der Waals surface area (Å²) >= 11 is 0. The van der Waals surface area contributed by atoms with Crippen molar-refractivity contribution in [2.24, 2.45) is 23.7 Å². The minimum absolute atomic E-state index is 0.0390. The maximum atomic E-state index is 14.1. The molecule has 0 spiro atoms. The Kier molecular flexibility index (Phi) is 14.3. The van der Waals surface area contributed by atoms with Crippen LogP contribution in [0.15, 0.2) is 48.5 Å². The number of piperidine rings is 2. The highest BCUT2D eigenvalue weighted by molar-refractivity contribution is 7.93. The van der Waals surface area contributed by atoms with E-state index in [1.54, 1.807) is 38.5 Å². The van der Waals surface area contributed by atoms with Crippen LogP contribution in [0.25, 0.3) is 0 Å². The first-order chi connectivity index (χ1) is 35.1. The van der Waals surface area contributed by atoms with Crippen molar-refractivity contribution in [1.82, 2.24) is 9.80 Å². The van der Waals surface area contributed by atoms with Crippen molar-refractivity contribution < 1.29 is 63.1 Å². The predicted octanol–water partition coefficient (Wildman–Crippen LogP) is 9.07. The highest BCUT2D eigenvalue weighted by Gasteiger charge is 2.68. The number of benzene rings is 2. The van der Waals surface area contributed by atoms with Gasteiger partial charge in [0.1, 0.15) is 0 Å². The second-order valence-corrected chi connectivity index (χ2v) is 27.3. The third-order valence-corrected chi connectivity index (χ3v) is 23.4. The Morgan fingerprint density at radius 3 is 1.20 bits per heavy atom. The Labute approximate surface area is 434 Å². The summed E-state index contributed by atoms with van der Waals surface area (Å²) in [5.74, 6) is -7.53. The molecule has 6 aliphatic carbocycles. The third-order valence-electron chi connectivity index (χ3n) is 19.3. The van der Waals surface area contributed by atoms with Gasteiger partial charge in [-0.1, -0.05) is 47.0 Å². The SMILES string of the molecule is CCC1(c2cccc(N(OC(=O)C(=O)ON(c3cccc(C4(CC)[C@@H]5CN(CCCC6(OC)CCC(F)(F)CC6)C[C@@H]54)c3)S(=O)(=O)C3CC3)S(=O)(=O)C3CC3)c2)[C@@H]2CN(CCCC3(OC)CCC(F)(F)CC3)C[C@@H]21. The molecule has 2 heterocycles. The average Bonchev–Trinajstić information content (AvgIpc) is 4.30. The van der Waals surface area contributed by atoms with Crippen molar-refractivity contribution in [2.45, 2.75) is 174 Å². The number of hydrogen-bond acceptors (Lipinski definition) is 12. The van der Waals surface area contributed by atoms with E-state index in [1.165, 1.54) is 12.1 Å². The molecule has 10 rings (SSSR count). The molecule has 6 atom stereocenters. The highest BCUT2D eigenvalue weighted by Crippen LogP contribution is 2.67. The summed E-state index contributed by atoms with van der Waals surface area (Å²) in [4.78, 5) is 43.5. The van der Waals surface area contributed by atoms with Crippen LogP contribution in [0.5, 0.6) is 0 Å². The van der Waals surface area contributed by atoms with Crippen molar-refractivity contribution in [3.05, 3.63) is 59.7 Å². The number of anilines is 2. The number of fused-ring (bicyclic) bond motifs is 2. The molecule has 0 amide bonds. The molecule has 0 bridgehead atoms. The Balaban J connectivity index is 0.795. The maximum absolute atomic E-state index is 14.1. The zero-order valence-electron chi connectivity index (χ0n) is 43.3. The monoisotopic (exact) mass is 1080 g/mol. The number of methoxy groups -OCH3 is 2. The molecule has 2 aromatic carbocycles. The standard InChI is InChI=1S/C54H74F4N4O10S2/c1-5-53(43-33-59(34-44(43)53)29-9-19-49(69-3)21-25-51(55,56)26-22-49)37-11-7-13-39(31-37)61(73(65,66)41-15-16-41)71-47(63)48(64)72-62(74(67,68)42-17-18-42)40-14-8-12-38(32-40)54(6-2)45-35-60(36-46(45)54)30-10-20-50(70-4)23-27-52(57,58)28-24-50/h7-8,11-14,31-32,41-46H,5-6,9-10,15-30,33-36H2,1-4H3/t43-,44+,45-,46+,53?,54?. The zero-order valence-corrected chi connectivity index (χ0v) is 44.9. The quantitative estimate of drug-likeness (QED) is 0.0629. The summed E-state index contributed by atoms with van der Waals surface area (Å²) in [6, 6.07) is 13.7. The predicted molar refractivity (Wildman–Crippen MR) is 269 cm³/mol. The lowest BCUT2D eigenvalue weighted by molar-refractivity contribution is -0.166. The molecule has 14 nitrogen and oxygen atoms in total. The van der Waals surface area contributed by atoms with Crippen LogP contribution >= 0.6 is 0 Å². The molecule has 2 saturated heterocycles. The van der Waals surface area contributed by atoms with Gasteiger partial charge in [-0.2, -0.15) is 0 Å². The van der Waals surface area contributed by atoms with E-state index < -0.39 is 65.5 Å². The van der Waals surface area contributed by atoms with Gasteiger partial charge in [0.25, 0.3) is 20.0 Å². The number of carbonyl (C=O) groups excluding carboxylic acids is 2. The number of hydrogen-bond donors (Lipinski definition) is 0. The van der Waals surface area contributed by atoms with Crippen molar-refractivity contribution in [3.63, 3.8) is 0 Å². The van der Waals surface area contributed by atoms with Gasteiger partial charge in [-0.25, -0.2) is 44.0 Å². The molecular formula is C54H74F4N4O10S2. The summed E-state index contributed by atoms with van der Waals surface area (Å²) in [6.07, 6.45) is 6.69. The van der Waals surface area contributed by atoms with E-state index in [9.17, 15) is 44.0 Å². The van der Waals surface area contributed by atoms with Crippen LogP contribution in [0.4, 0.5) is 28.9 Å². The summed E-state index contributed by atoms with van der Waals surface area (Å²) in [6.45, 7) is 9.11. The molecular weight excluding hydrogens is 1000 g/mol. The van der Waals surface area contributed by atoms with Gasteiger partial charge in [0.15, 0.2) is 0 Å². The molecule has 2 unspecified atom stereocenters. The molecule has 0 N–H and O–H groups in total. The fourth-order valence-corrected chi connectivity index (χ4v) is 17.5. The van der Waals surface area contributed by atoms with Crippen LogP contribution in [0, 0.1) is 23.7 Å². The largest absolute Gasteiger partial charge is 0.444 e. The van der Waals surface area contributed by atoms with Gasteiger partial charge in [0, 0.05) is 76.9 Å². The fourth-order valence-electron chi connectivity index (χ4n) is 14.4. The molecule has 410 valence electrons. The van der Waals surface area contributed by atoms with E-state index in [1.807, 2.05) is 12.1 Å². The minimum Gasteiger partial charge on any atom is -0.378 e. The number of sulfonamides is 2. The molecule has 8 fully saturated rings. The Morgan fingerprint density at radius 1 is 0.568 bits per heavy atom. The highest BCUT2D eigenvalue weighted by atomic mass is 32.2. The van der Waals surface area contributed by atoms with Crippen LogP contribution < -0.4 is 8.94 Å². The Morgan fingerprint density at radius 2 is 0.905 bits per heavy atom. The minimum atomic E-state index is -4.32. The number of carbonyl (C=O) groups is 2. The van der Waals surface area contributed by atoms with Crippen LogP contribution in [0.2, 0.25) is 0 Å². The lowest BCUT2D eigenvalue weighted by Crippen LogP contribution is -2.42. The molecule has 0 radical (unpaired) electrons. The van der Waals surface area contributed by atoms with Gasteiger partial charge in [-0.15, -0.1) is 0 Å². The molecule has 8 aliphatic rings. The van der Waals surface area contributed by atoms with Crippen LogP contribution in [0.3, 0.4) is 0 Å². The zero-order chi connectivity index (χ0) is 52.7. The van der Waals surface area contributed by atoms with Gasteiger partial charge in [0.05, 0.1) is 33.1 Å². The number of nitrogens with zero attached hydrogens (tertiary/aromatic N) is 4. The summed E-state index contributed by atoms with van der Waals surface area (Å²) in [5.41, 5.74) is 0.278. The number of likely N-dealkylation sites (tertiary alicyclic amines) is 2. The molecule has 74 heavy (non-hydrogen) atoms. The molecule has 20 heteroatoms. The molecule has 2 aliphatic heterocycles. The van der Waals surface area contributed by atoms with Gasteiger partial charge >= 0.3 is 11.9 Å². The normalized spacial score (nSPS) is 30.8. The first-order valence-corrected chi connectivity index (χ1v) is 30.2. The molecule has 6 saturated carbocycles. The first-order valence-electron chi connectivity index (χ1n) is 27.1. The summed E-state index contributed by atoms with van der Waals surface area (Å²) in [7, 11) is -5.41. The smallest absolute Gasteiger partial charge is 0.378 e. The van der Waals surface area contributed by atoms with Crippen LogP contribution in [-0.4, -0.2) is 126 Å². The molecule has 0 aromatic heterocycles. The molecule has 2 aromatic rings. The first kappa shape index (κ1) is 53.8. The van der Waals surface area contributed by atoms with Gasteiger partial charge in [0.2, 0.25) is 11.8 Å². The lowest BCUT2D eigenvalue weighted by atomic mass is 9.79. The van der Waals surface area contributed by atoms with Crippen molar-refractivity contribution in [1.29, 1.82) is 0 Å². The number of ether oxygens (including phenoxy) is 2. The van der Waals surface area contributed by atoms with Crippen molar-refractivity contribution in [3.8, 4) is 0 Å². The van der Waals surface area contributed by atoms with Gasteiger partial charge in [-0.3, -0.25) is 0 Å². The van der Waals surface area contributed by atoms with E-state index >= 15 is 0 Å². The average molecular weight is 1080 g/mol. The number of alkyl halides is 4. The second-order valence-electron chi connectivity index (χ2n) is 23.2. The van der Waals surface area contributed by atoms with E-state index in [-0.39, 0.29) is 71.6 Å². The van der Waals surface area contributed by atoms with E-state index in [0.29, 0.717) is 73.1 Å². The fraction of sp³-hybridized carbons (Fsp3) is 0.741. The third kappa shape index (κ3) is 10.00. The summed E-state index contributed by atoms with van der Waals surface area (Å²) in [5, 5.41) is -1.69. The maximum Gasteiger partial charge on any atom is 0.444 e. The lowest BCUT2D eigenvalue weighted by Gasteiger charge is -2.39. The summed E-state index contributed by atoms with van der Waals surface area (Å²) < 4.78 is 125. The van der Waals surface area contributed by atoms with Crippen molar-refractivity contribution in [2.75, 3.05) is 62.4 Å². The number of halogens is 4. The van der Waals surface area contributed by atoms with Crippen molar-refractivity contribution >= 4 is 43.4 Å². The van der Waals surface area contributed by atoms with E-state index in [0.717, 1.165) is 76.1 Å². The number of rotatable bonds is 22. The second kappa shape index (κ2) is 19.7. The Hall–Kier alpha value is -3.56. The Bertz CT molecular complexity index is 2450. The van der Waals surface area contributed by atoms with Crippen LogP contribution in [0.1, 0.15) is 141 Å². The topological polar surface area (TPSA) is 152 Å². The van der Waals surface area contributed by atoms with Crippen LogP contribution in [-0.2, 0) is 59.6 Å². The van der Waals surface area contributed by atoms with Gasteiger partial charge in [-0.05, 0) is 162 Å². The van der Waals surface area contributed by atoms with E-state index in [4.69, 9.17) is 19.1 Å².